The van der Waals surface area contributed by atoms with Crippen LogP contribution in [-0.2, 0) is 17.7 Å². The number of thioether (sulfide) groups is 1. The van der Waals surface area contributed by atoms with Crippen molar-refractivity contribution in [1.29, 1.82) is 0 Å². The zero-order valence-electron chi connectivity index (χ0n) is 17.8. The zero-order chi connectivity index (χ0) is 21.1. The van der Waals surface area contributed by atoms with Crippen LogP contribution in [0.3, 0.4) is 0 Å². The van der Waals surface area contributed by atoms with E-state index in [2.05, 4.69) is 45.7 Å². The number of H-pyrrole nitrogens is 1. The largest absolute Gasteiger partial charge is 0.376 e. The number of ketones is 1. The van der Waals surface area contributed by atoms with Gasteiger partial charge >= 0.3 is 0 Å². The maximum atomic E-state index is 12.9. The van der Waals surface area contributed by atoms with Gasteiger partial charge in [0.2, 0.25) is 5.16 Å². The standard InChI is InChI=1S/C23H28N4O2S/c1-4-17-7-9-18(10-8-17)22-24-23(26-25-22)30-14-21(28)20-12-15(2)27(16(20)3)13-19-6-5-11-29-19/h7-10,12,19H,4-6,11,13-14H2,1-3H3,(H,24,25,26)/t19-/m0/s1. The van der Waals surface area contributed by atoms with E-state index in [0.717, 1.165) is 60.8 Å². The Morgan fingerprint density at radius 1 is 1.30 bits per heavy atom. The first kappa shape index (κ1) is 20.9. The molecule has 0 bridgehead atoms. The molecule has 1 fully saturated rings. The van der Waals surface area contributed by atoms with E-state index in [4.69, 9.17) is 4.74 Å². The van der Waals surface area contributed by atoms with Crippen LogP contribution in [0.4, 0.5) is 0 Å². The molecule has 1 N–H and O–H groups in total. The van der Waals surface area contributed by atoms with Gasteiger partial charge in [0.25, 0.3) is 0 Å². The molecule has 0 unspecified atom stereocenters. The lowest BCUT2D eigenvalue weighted by atomic mass is 10.1. The zero-order valence-corrected chi connectivity index (χ0v) is 18.6. The molecule has 2 aromatic heterocycles. The molecule has 7 heteroatoms. The van der Waals surface area contributed by atoms with Gasteiger partial charge in [-0.1, -0.05) is 43.0 Å². The van der Waals surface area contributed by atoms with Crippen LogP contribution in [0.2, 0.25) is 0 Å². The number of Topliss-reactive ketones (excluding diaryl/α,β-unsaturated/α-hetero) is 1. The fraction of sp³-hybridized carbons (Fsp3) is 0.435. The molecule has 0 radical (unpaired) electrons. The number of aromatic nitrogens is 4. The Kier molecular flexibility index (Phi) is 6.39. The van der Waals surface area contributed by atoms with Crippen LogP contribution in [-0.4, -0.2) is 44.0 Å². The number of benzene rings is 1. The van der Waals surface area contributed by atoms with Crippen LogP contribution >= 0.6 is 11.8 Å². The summed E-state index contributed by atoms with van der Waals surface area (Å²) >= 11 is 1.37. The molecule has 158 valence electrons. The quantitative estimate of drug-likeness (QED) is 0.422. The predicted octanol–water partition coefficient (Wildman–Crippen LogP) is 4.61. The fourth-order valence-electron chi connectivity index (χ4n) is 3.90. The van der Waals surface area contributed by atoms with Crippen molar-refractivity contribution in [2.75, 3.05) is 12.4 Å². The lowest BCUT2D eigenvalue weighted by Crippen LogP contribution is -2.17. The van der Waals surface area contributed by atoms with Crippen molar-refractivity contribution in [3.05, 3.63) is 52.8 Å². The molecule has 1 atom stereocenters. The van der Waals surface area contributed by atoms with E-state index in [1.165, 1.54) is 17.3 Å². The summed E-state index contributed by atoms with van der Waals surface area (Å²) in [7, 11) is 0. The molecule has 1 aliphatic heterocycles. The summed E-state index contributed by atoms with van der Waals surface area (Å²) in [5.74, 6) is 1.14. The molecule has 4 rings (SSSR count). The highest BCUT2D eigenvalue weighted by molar-refractivity contribution is 7.99. The first-order valence-corrected chi connectivity index (χ1v) is 11.5. The number of rotatable bonds is 8. The van der Waals surface area contributed by atoms with Crippen LogP contribution in [0.5, 0.6) is 0 Å². The minimum atomic E-state index is 0.102. The summed E-state index contributed by atoms with van der Waals surface area (Å²) in [6.45, 7) is 7.87. The van der Waals surface area contributed by atoms with E-state index >= 15 is 0 Å². The maximum Gasteiger partial charge on any atom is 0.209 e. The van der Waals surface area contributed by atoms with Gasteiger partial charge in [-0.3, -0.25) is 9.89 Å². The van der Waals surface area contributed by atoms with Crippen molar-refractivity contribution in [3.8, 4) is 11.4 Å². The Labute approximate surface area is 181 Å². The molecule has 1 aliphatic rings. The van der Waals surface area contributed by atoms with Crippen molar-refractivity contribution in [1.82, 2.24) is 19.7 Å². The van der Waals surface area contributed by atoms with E-state index in [9.17, 15) is 4.79 Å². The SMILES string of the molecule is CCc1ccc(-c2nc(SCC(=O)c3cc(C)n(C[C@@H]4CCCO4)c3C)n[nH]2)cc1. The highest BCUT2D eigenvalue weighted by Crippen LogP contribution is 2.24. The number of aromatic amines is 1. The number of hydrogen-bond donors (Lipinski definition) is 1. The van der Waals surface area contributed by atoms with Crippen LogP contribution in [0, 0.1) is 13.8 Å². The summed E-state index contributed by atoms with van der Waals surface area (Å²) in [4.78, 5) is 17.4. The first-order chi connectivity index (χ1) is 14.5. The summed E-state index contributed by atoms with van der Waals surface area (Å²) in [6.07, 6.45) is 3.47. The normalized spacial score (nSPS) is 16.3. The third-order valence-electron chi connectivity index (χ3n) is 5.72. The Morgan fingerprint density at radius 2 is 2.10 bits per heavy atom. The van der Waals surface area contributed by atoms with Gasteiger partial charge in [0.1, 0.15) is 0 Å². The van der Waals surface area contributed by atoms with Crippen molar-refractivity contribution in [2.45, 2.75) is 57.8 Å². The van der Waals surface area contributed by atoms with Crippen molar-refractivity contribution in [3.63, 3.8) is 0 Å². The van der Waals surface area contributed by atoms with Gasteiger partial charge in [-0.05, 0) is 44.7 Å². The molecule has 0 saturated carbocycles. The smallest absolute Gasteiger partial charge is 0.209 e. The van der Waals surface area contributed by atoms with Gasteiger partial charge in [-0.15, -0.1) is 5.10 Å². The number of hydrogen-bond acceptors (Lipinski definition) is 5. The van der Waals surface area contributed by atoms with E-state index < -0.39 is 0 Å². The van der Waals surface area contributed by atoms with E-state index in [1.807, 2.05) is 25.1 Å². The topological polar surface area (TPSA) is 72.8 Å². The van der Waals surface area contributed by atoms with Gasteiger partial charge in [0.05, 0.1) is 11.9 Å². The number of carbonyl (C=O) groups is 1. The highest BCUT2D eigenvalue weighted by atomic mass is 32.2. The predicted molar refractivity (Wildman–Crippen MR) is 119 cm³/mol. The van der Waals surface area contributed by atoms with Crippen LogP contribution in [0.25, 0.3) is 11.4 Å². The number of ether oxygens (including phenoxy) is 1. The van der Waals surface area contributed by atoms with Gasteiger partial charge in [-0.25, -0.2) is 4.98 Å². The second-order valence-corrected chi connectivity index (χ2v) is 8.70. The number of nitrogens with zero attached hydrogens (tertiary/aromatic N) is 3. The van der Waals surface area contributed by atoms with E-state index in [0.29, 0.717) is 10.9 Å². The van der Waals surface area contributed by atoms with Gasteiger partial charge in [-0.2, -0.15) is 0 Å². The molecule has 1 aromatic carbocycles. The summed E-state index contributed by atoms with van der Waals surface area (Å²) in [6, 6.07) is 10.3. The van der Waals surface area contributed by atoms with Crippen LogP contribution in [0.15, 0.2) is 35.5 Å². The lowest BCUT2D eigenvalue weighted by Gasteiger charge is -2.14. The molecule has 30 heavy (non-hydrogen) atoms. The lowest BCUT2D eigenvalue weighted by molar-refractivity contribution is 0.0957. The number of nitrogens with one attached hydrogen (secondary N) is 1. The van der Waals surface area contributed by atoms with Crippen molar-refractivity contribution >= 4 is 17.5 Å². The van der Waals surface area contributed by atoms with Gasteiger partial charge in [0, 0.05) is 35.7 Å². The summed E-state index contributed by atoms with van der Waals surface area (Å²) < 4.78 is 7.97. The Morgan fingerprint density at radius 3 is 2.80 bits per heavy atom. The first-order valence-electron chi connectivity index (χ1n) is 10.5. The molecule has 0 aliphatic carbocycles. The molecule has 3 heterocycles. The van der Waals surface area contributed by atoms with E-state index in [1.54, 1.807) is 0 Å². The average molecular weight is 425 g/mol. The second-order valence-electron chi connectivity index (χ2n) is 7.76. The molecule has 0 spiro atoms. The average Bonchev–Trinajstić information content (AvgIpc) is 3.50. The molecule has 1 saturated heterocycles. The maximum absolute atomic E-state index is 12.9. The summed E-state index contributed by atoms with van der Waals surface area (Å²) in [5, 5.41) is 7.83. The highest BCUT2D eigenvalue weighted by Gasteiger charge is 2.21. The Bertz CT molecular complexity index is 1020. The number of aryl methyl sites for hydroxylation is 2. The second kappa shape index (κ2) is 9.18. The van der Waals surface area contributed by atoms with Gasteiger partial charge < -0.3 is 9.30 Å². The van der Waals surface area contributed by atoms with E-state index in [-0.39, 0.29) is 11.9 Å². The third-order valence-corrected chi connectivity index (χ3v) is 6.56. The van der Waals surface area contributed by atoms with Crippen LogP contribution in [0.1, 0.15) is 47.1 Å². The molecular weight excluding hydrogens is 396 g/mol. The van der Waals surface area contributed by atoms with Crippen molar-refractivity contribution in [2.24, 2.45) is 0 Å². The fourth-order valence-corrected chi connectivity index (χ4v) is 4.58. The molecule has 0 amide bonds. The van der Waals surface area contributed by atoms with Crippen LogP contribution < -0.4 is 0 Å². The van der Waals surface area contributed by atoms with Crippen molar-refractivity contribution < 1.29 is 9.53 Å². The number of carbonyl (C=O) groups excluding carboxylic acids is 1. The third kappa shape index (κ3) is 4.52. The monoisotopic (exact) mass is 424 g/mol. The Balaban J connectivity index is 1.39. The molecule has 3 aromatic rings. The minimum absolute atomic E-state index is 0.102. The molecular formula is C23H28N4O2S. The Hall–Kier alpha value is -2.38. The van der Waals surface area contributed by atoms with Gasteiger partial charge in [0.15, 0.2) is 11.6 Å². The summed E-state index contributed by atoms with van der Waals surface area (Å²) in [5.41, 5.74) is 5.18. The molecule has 6 nitrogen and oxygen atoms in total. The minimum Gasteiger partial charge on any atom is -0.376 e.